The zero-order chi connectivity index (χ0) is 28.4. The van der Waals surface area contributed by atoms with E-state index in [4.69, 9.17) is 20.4 Å². The van der Waals surface area contributed by atoms with Gasteiger partial charge in [-0.3, -0.25) is 9.80 Å². The number of nitrogens with zero attached hydrogens (tertiary/aromatic N) is 2. The molecule has 0 atom stereocenters. The highest BCUT2D eigenvalue weighted by Gasteiger charge is 2.03. The summed E-state index contributed by atoms with van der Waals surface area (Å²) in [6.07, 6.45) is 27.0. The molecule has 0 bridgehead atoms. The molecule has 0 aromatic carbocycles. The number of aliphatic hydroxyl groups excluding tert-OH is 4. The van der Waals surface area contributed by atoms with Gasteiger partial charge in [-0.25, -0.2) is 0 Å². The van der Waals surface area contributed by atoms with E-state index in [9.17, 15) is 0 Å². The summed E-state index contributed by atoms with van der Waals surface area (Å²) < 4.78 is 0. The van der Waals surface area contributed by atoms with Gasteiger partial charge >= 0.3 is 0 Å². The van der Waals surface area contributed by atoms with Gasteiger partial charge in [0.05, 0.1) is 26.4 Å². The fourth-order valence-electron chi connectivity index (χ4n) is 4.88. The Morgan fingerprint density at radius 2 is 0.500 bits per heavy atom. The second-order valence-corrected chi connectivity index (χ2v) is 10.9. The van der Waals surface area contributed by atoms with Gasteiger partial charge in [0.1, 0.15) is 0 Å². The first-order chi connectivity index (χ1) is 18.7. The Labute approximate surface area is 238 Å². The van der Waals surface area contributed by atoms with Crippen LogP contribution in [0.1, 0.15) is 142 Å². The molecule has 0 rings (SSSR count). The van der Waals surface area contributed by atoms with E-state index in [0.717, 1.165) is 13.1 Å². The molecule has 0 aromatic rings. The van der Waals surface area contributed by atoms with Crippen LogP contribution in [-0.2, 0) is 0 Å². The van der Waals surface area contributed by atoms with E-state index < -0.39 is 0 Å². The smallest absolute Gasteiger partial charge is 0.0558 e. The predicted molar refractivity (Wildman–Crippen MR) is 165 cm³/mol. The number of hydrogen-bond acceptors (Lipinski definition) is 6. The fourth-order valence-corrected chi connectivity index (χ4v) is 4.88. The third-order valence-corrected chi connectivity index (χ3v) is 7.32. The highest BCUT2D eigenvalue weighted by atomic mass is 16.3. The summed E-state index contributed by atoms with van der Waals surface area (Å²) >= 11 is 0. The van der Waals surface area contributed by atoms with Crippen LogP contribution in [0.4, 0.5) is 0 Å². The molecule has 0 radical (unpaired) electrons. The lowest BCUT2D eigenvalue weighted by atomic mass is 10.1. The van der Waals surface area contributed by atoms with Crippen LogP contribution in [0.5, 0.6) is 0 Å². The summed E-state index contributed by atoms with van der Waals surface area (Å²) in [5.41, 5.74) is 0. The van der Waals surface area contributed by atoms with Crippen LogP contribution in [0.3, 0.4) is 0 Å². The highest BCUT2D eigenvalue weighted by molar-refractivity contribution is 4.58. The van der Waals surface area contributed by atoms with Crippen molar-refractivity contribution in [3.05, 3.63) is 0 Å². The Morgan fingerprint density at radius 1 is 0.289 bits per heavy atom. The first-order valence-corrected chi connectivity index (χ1v) is 16.6. The molecular weight excluding hydrogens is 476 g/mol. The van der Waals surface area contributed by atoms with Gasteiger partial charge in [0.25, 0.3) is 0 Å². The standard InChI is InChI=1S/2C16H35NO2/c2*1-2-3-4-5-6-7-8-9-10-11-12-17(13-15-18)14-16-19/h2*18-19H,2-16H2,1H3. The molecular formula is C32H70N2O4. The van der Waals surface area contributed by atoms with Crippen LogP contribution >= 0.6 is 0 Å². The quantitative estimate of drug-likeness (QED) is 0.0781. The lowest BCUT2D eigenvalue weighted by Gasteiger charge is -2.19. The lowest BCUT2D eigenvalue weighted by molar-refractivity contribution is 0.158. The summed E-state index contributed by atoms with van der Waals surface area (Å²) in [6.45, 7) is 10.1. The van der Waals surface area contributed by atoms with Gasteiger partial charge in [0, 0.05) is 26.2 Å². The maximum atomic E-state index is 8.90. The van der Waals surface area contributed by atoms with Gasteiger partial charge < -0.3 is 20.4 Å². The molecule has 6 nitrogen and oxygen atoms in total. The van der Waals surface area contributed by atoms with E-state index in [1.54, 1.807) is 0 Å². The van der Waals surface area contributed by atoms with E-state index >= 15 is 0 Å². The Hall–Kier alpha value is -0.240. The van der Waals surface area contributed by atoms with Gasteiger partial charge in [-0.15, -0.1) is 0 Å². The summed E-state index contributed by atoms with van der Waals surface area (Å²) in [4.78, 5) is 4.29. The van der Waals surface area contributed by atoms with Crippen molar-refractivity contribution < 1.29 is 20.4 Å². The van der Waals surface area contributed by atoms with Crippen LogP contribution in [0.25, 0.3) is 0 Å². The van der Waals surface area contributed by atoms with Crippen LogP contribution in [0.15, 0.2) is 0 Å². The maximum absolute atomic E-state index is 8.90. The van der Waals surface area contributed by atoms with Gasteiger partial charge in [-0.05, 0) is 25.9 Å². The first kappa shape index (κ1) is 39.9. The summed E-state index contributed by atoms with van der Waals surface area (Å²) in [7, 11) is 0. The second kappa shape index (κ2) is 36.8. The minimum absolute atomic E-state index is 0.192. The van der Waals surface area contributed by atoms with Crippen molar-refractivity contribution in [2.45, 2.75) is 142 Å². The Kier molecular flexibility index (Phi) is 38.6. The molecule has 0 aliphatic heterocycles. The van der Waals surface area contributed by atoms with Crippen LogP contribution in [0.2, 0.25) is 0 Å². The van der Waals surface area contributed by atoms with Crippen molar-refractivity contribution in [1.82, 2.24) is 9.80 Å². The van der Waals surface area contributed by atoms with Crippen molar-refractivity contribution in [2.75, 3.05) is 65.7 Å². The Morgan fingerprint density at radius 3 is 0.711 bits per heavy atom. The molecule has 0 aliphatic rings. The summed E-state index contributed by atoms with van der Waals surface area (Å²) in [5, 5.41) is 35.6. The lowest BCUT2D eigenvalue weighted by Crippen LogP contribution is -2.30. The summed E-state index contributed by atoms with van der Waals surface area (Å²) in [6, 6.07) is 0. The zero-order valence-electron chi connectivity index (χ0n) is 25.9. The molecule has 0 fully saturated rings. The molecule has 0 aliphatic carbocycles. The Bertz CT molecular complexity index is 354. The molecule has 4 N–H and O–H groups in total. The fraction of sp³-hybridized carbons (Fsp3) is 1.00. The molecule has 0 saturated carbocycles. The molecule has 232 valence electrons. The third kappa shape index (κ3) is 33.8. The van der Waals surface area contributed by atoms with E-state index in [1.807, 2.05) is 0 Å². The minimum atomic E-state index is 0.192. The van der Waals surface area contributed by atoms with Crippen LogP contribution < -0.4 is 0 Å². The third-order valence-electron chi connectivity index (χ3n) is 7.32. The zero-order valence-corrected chi connectivity index (χ0v) is 25.9. The predicted octanol–water partition coefficient (Wildman–Crippen LogP) is 6.39. The largest absolute Gasteiger partial charge is 0.395 e. The normalized spacial score (nSPS) is 11.4. The van der Waals surface area contributed by atoms with Crippen molar-refractivity contribution in [2.24, 2.45) is 0 Å². The molecule has 0 heterocycles. The van der Waals surface area contributed by atoms with Gasteiger partial charge in [0.2, 0.25) is 0 Å². The molecule has 0 unspecified atom stereocenters. The molecule has 38 heavy (non-hydrogen) atoms. The molecule has 0 spiro atoms. The average molecular weight is 547 g/mol. The molecule has 0 amide bonds. The van der Waals surface area contributed by atoms with E-state index in [2.05, 4.69) is 23.6 Å². The highest BCUT2D eigenvalue weighted by Crippen LogP contribution is 2.12. The van der Waals surface area contributed by atoms with Crippen LogP contribution in [-0.4, -0.2) is 95.9 Å². The molecule has 0 saturated heterocycles. The van der Waals surface area contributed by atoms with Crippen molar-refractivity contribution in [1.29, 1.82) is 0 Å². The van der Waals surface area contributed by atoms with Gasteiger partial charge in [-0.1, -0.05) is 129 Å². The SMILES string of the molecule is CCCCCCCCCCCCN(CCO)CCO.CCCCCCCCCCCCN(CCO)CCO. The van der Waals surface area contributed by atoms with Crippen molar-refractivity contribution in [3.8, 4) is 0 Å². The van der Waals surface area contributed by atoms with Gasteiger partial charge in [0.15, 0.2) is 0 Å². The number of rotatable bonds is 30. The number of unbranched alkanes of at least 4 members (excludes halogenated alkanes) is 18. The van der Waals surface area contributed by atoms with E-state index in [0.29, 0.717) is 26.2 Å². The maximum Gasteiger partial charge on any atom is 0.0558 e. The van der Waals surface area contributed by atoms with Gasteiger partial charge in [-0.2, -0.15) is 0 Å². The van der Waals surface area contributed by atoms with Crippen LogP contribution in [0, 0.1) is 0 Å². The Balaban J connectivity index is 0. The first-order valence-electron chi connectivity index (χ1n) is 16.6. The second-order valence-electron chi connectivity index (χ2n) is 10.9. The average Bonchev–Trinajstić information content (AvgIpc) is 2.91. The topological polar surface area (TPSA) is 87.4 Å². The van der Waals surface area contributed by atoms with Crippen molar-refractivity contribution in [3.63, 3.8) is 0 Å². The van der Waals surface area contributed by atoms with Crippen molar-refractivity contribution >= 4 is 0 Å². The monoisotopic (exact) mass is 547 g/mol. The van der Waals surface area contributed by atoms with E-state index in [1.165, 1.54) is 128 Å². The summed E-state index contributed by atoms with van der Waals surface area (Å²) in [5.74, 6) is 0. The minimum Gasteiger partial charge on any atom is -0.395 e. The number of hydrogen-bond donors (Lipinski definition) is 4. The molecule has 6 heteroatoms. The molecule has 0 aromatic heterocycles. The number of aliphatic hydroxyl groups is 4. The van der Waals surface area contributed by atoms with E-state index in [-0.39, 0.29) is 26.4 Å².